The molecule has 0 aliphatic rings. The van der Waals surface area contributed by atoms with Gasteiger partial charge < -0.3 is 39.7 Å². The summed E-state index contributed by atoms with van der Waals surface area (Å²) in [4.78, 5) is 34.5. The zero-order valence-electron chi connectivity index (χ0n) is 39.0. The number of esters is 3. The quantitative estimate of drug-likeness (QED) is 0.0478. The van der Waals surface area contributed by atoms with Crippen LogP contribution in [-0.4, -0.2) is 130 Å². The molecule has 4 atom stereocenters. The highest BCUT2D eigenvalue weighted by atomic mass is 19.4. The summed E-state index contributed by atoms with van der Waals surface area (Å²) >= 11 is 0. The summed E-state index contributed by atoms with van der Waals surface area (Å²) < 4.78 is 191. The van der Waals surface area contributed by atoms with E-state index in [0.717, 1.165) is 13.8 Å². The van der Waals surface area contributed by atoms with Gasteiger partial charge in [0.25, 0.3) is 5.60 Å². The predicted octanol–water partition coefficient (Wildman–Crippen LogP) is 9.20. The molecule has 5 N–H and O–H groups in total. The first-order valence-electron chi connectivity index (χ1n) is 20.4. The summed E-state index contributed by atoms with van der Waals surface area (Å²) in [5.74, 6) is -21.1. The second-order valence-corrected chi connectivity index (χ2v) is 16.9. The fraction of sp³-hybridized carbons (Fsp3) is 0.786. The number of alkyl halides is 14. The van der Waals surface area contributed by atoms with Gasteiger partial charge in [0, 0.05) is 0 Å². The van der Waals surface area contributed by atoms with Gasteiger partial charge in [0.15, 0.2) is 12.2 Å². The average Bonchev–Trinajstić information content (AvgIpc) is 3.25. The molecule has 0 amide bonds. The minimum absolute atomic E-state index is 0.0884. The minimum Gasteiger partial charge on any atom is -0.462 e. The number of aliphatic hydroxyl groups excluding tert-OH is 4. The minimum atomic E-state index is -6.43. The second-order valence-electron chi connectivity index (χ2n) is 16.9. The maximum Gasteiger partial charge on any atom is 0.430 e. The van der Waals surface area contributed by atoms with Gasteiger partial charge in [-0.25, -0.2) is 8.78 Å². The van der Waals surface area contributed by atoms with Gasteiger partial charge in [-0.1, -0.05) is 65.0 Å². The van der Waals surface area contributed by atoms with E-state index in [0.29, 0.717) is 26.2 Å². The van der Waals surface area contributed by atoms with Crippen LogP contribution in [0.3, 0.4) is 0 Å². The summed E-state index contributed by atoms with van der Waals surface area (Å²) in [7, 11) is 0. The third-order valence-corrected chi connectivity index (χ3v) is 10.9. The predicted molar refractivity (Wildman–Crippen MR) is 213 cm³/mol. The molecular weight excluding hydrogens is 946 g/mol. The van der Waals surface area contributed by atoms with E-state index >= 15 is 0 Å². The van der Waals surface area contributed by atoms with Crippen LogP contribution in [0.1, 0.15) is 113 Å². The van der Waals surface area contributed by atoms with Crippen molar-refractivity contribution in [3.8, 4) is 0 Å². The molecule has 1 rings (SSSR count). The van der Waals surface area contributed by atoms with Crippen LogP contribution in [0.2, 0.25) is 0 Å². The lowest BCUT2D eigenvalue weighted by Crippen LogP contribution is -2.70. The van der Waals surface area contributed by atoms with E-state index in [1.165, 1.54) is 25.8 Å². The molecule has 0 aliphatic carbocycles. The largest absolute Gasteiger partial charge is 0.462 e. The Kier molecular flexibility index (Phi) is 26.7. The third kappa shape index (κ3) is 18.0. The Morgan fingerprint density at radius 3 is 1.39 bits per heavy atom. The van der Waals surface area contributed by atoms with Crippen molar-refractivity contribution in [3.05, 3.63) is 35.9 Å². The fourth-order valence-electron chi connectivity index (χ4n) is 4.30. The standard InChI is InChI=1S/C12H18F6O4.C11H14F8O3.C10H14.C9H18O4/c1-5-9(4,6-19)7(20)22-8(2,3)10(21,11(13,14)15)12(16,17)18;1-3-8(2,4-20)7(21)22-5-9(14,15)11(18,19)10(16,17)6(12)13;1-3-9(2)10-7-5-4-6-8-10;1-4-9(2,3)8(12)13-6-7(11)5-10/h19,21H,5-6H2,1-4H3;6,20H,3-5H2,1-2H3;4-9H,3H2,1-2H3;7,10-11H,4-6H2,1-3H3. The zero-order chi connectivity index (χ0) is 54.1. The van der Waals surface area contributed by atoms with Crippen LogP contribution in [0.25, 0.3) is 0 Å². The van der Waals surface area contributed by atoms with E-state index in [1.807, 2.05) is 6.92 Å². The molecule has 1 aromatic rings. The first-order chi connectivity index (χ1) is 30.0. The van der Waals surface area contributed by atoms with E-state index in [4.69, 9.17) is 25.2 Å². The van der Waals surface area contributed by atoms with Crippen molar-refractivity contribution in [1.29, 1.82) is 0 Å². The highest BCUT2D eigenvalue weighted by Gasteiger charge is 2.79. The number of ether oxygens (including phenoxy) is 3. The van der Waals surface area contributed by atoms with Gasteiger partial charge in [-0.3, -0.25) is 14.4 Å². The monoisotopic (exact) mass is 1010 g/mol. The van der Waals surface area contributed by atoms with Crippen LogP contribution in [0, 0.1) is 16.2 Å². The van der Waals surface area contributed by atoms with Crippen molar-refractivity contribution in [2.45, 2.75) is 162 Å². The Morgan fingerprint density at radius 2 is 1.06 bits per heavy atom. The molecule has 0 heterocycles. The number of aliphatic hydroxyl groups is 5. The molecule has 0 bridgehead atoms. The summed E-state index contributed by atoms with van der Waals surface area (Å²) in [6.45, 7) is 10.7. The van der Waals surface area contributed by atoms with Crippen molar-refractivity contribution in [1.82, 2.24) is 0 Å². The van der Waals surface area contributed by atoms with Gasteiger partial charge >= 0.3 is 54.5 Å². The first kappa shape index (κ1) is 67.7. The maximum atomic E-state index is 13.1. The molecule has 4 unspecified atom stereocenters. The van der Waals surface area contributed by atoms with Crippen molar-refractivity contribution < 1.29 is 116 Å². The van der Waals surface area contributed by atoms with Crippen LogP contribution in [0.15, 0.2) is 30.3 Å². The number of carbonyl (C=O) groups excluding carboxylic acids is 3. The molecule has 0 aromatic heterocycles. The van der Waals surface area contributed by atoms with E-state index < -0.39 is 102 Å². The summed E-state index contributed by atoms with van der Waals surface area (Å²) in [6.07, 6.45) is -16.6. The molecule has 25 heteroatoms. The Morgan fingerprint density at radius 1 is 0.642 bits per heavy atom. The molecule has 0 fully saturated rings. The van der Waals surface area contributed by atoms with Crippen LogP contribution >= 0.6 is 0 Å². The molecule has 67 heavy (non-hydrogen) atoms. The van der Waals surface area contributed by atoms with Crippen molar-refractivity contribution in [2.75, 3.05) is 33.0 Å². The normalized spacial score (nSPS) is 15.7. The van der Waals surface area contributed by atoms with Gasteiger partial charge in [-0.2, -0.15) is 52.7 Å². The Bertz CT molecular complexity index is 1600. The smallest absolute Gasteiger partial charge is 0.430 e. The highest BCUT2D eigenvalue weighted by molar-refractivity contribution is 5.77. The van der Waals surface area contributed by atoms with Gasteiger partial charge in [0.05, 0.1) is 36.1 Å². The van der Waals surface area contributed by atoms with Crippen LogP contribution in [0.5, 0.6) is 0 Å². The Balaban J connectivity index is -0.000000852. The number of halogens is 14. The first-order valence-corrected chi connectivity index (χ1v) is 20.4. The van der Waals surface area contributed by atoms with Gasteiger partial charge in [0.2, 0.25) is 0 Å². The lowest BCUT2D eigenvalue weighted by molar-refractivity contribution is -0.408. The van der Waals surface area contributed by atoms with Crippen LogP contribution in [-0.2, 0) is 28.6 Å². The molecule has 0 saturated heterocycles. The average molecular weight is 1010 g/mol. The maximum absolute atomic E-state index is 13.1. The number of hydrogen-bond acceptors (Lipinski definition) is 11. The SMILES string of the molecule is CCC(C)(C)C(=O)OCC(O)CO.CCC(C)(CO)C(=O)OC(C)(C)C(O)(C(F)(F)F)C(F)(F)F.CCC(C)(CO)C(=O)OCC(F)(F)C(F)(F)C(F)(F)C(F)F.CCC(C)c1ccccc1. The van der Waals surface area contributed by atoms with E-state index in [9.17, 15) is 81.0 Å². The lowest BCUT2D eigenvalue weighted by Gasteiger charge is -2.44. The molecule has 0 radical (unpaired) electrons. The second kappa shape index (κ2) is 26.4. The van der Waals surface area contributed by atoms with Crippen molar-refractivity contribution in [2.24, 2.45) is 16.2 Å². The summed E-state index contributed by atoms with van der Waals surface area (Å²) in [5, 5.41) is 44.6. The topological polar surface area (TPSA) is 180 Å². The molecular formula is C42H64F14O11. The molecule has 0 saturated carbocycles. The van der Waals surface area contributed by atoms with E-state index in [-0.39, 0.29) is 32.0 Å². The van der Waals surface area contributed by atoms with Crippen molar-refractivity contribution >= 4 is 17.9 Å². The number of hydrogen-bond donors (Lipinski definition) is 5. The van der Waals surface area contributed by atoms with Crippen LogP contribution in [0.4, 0.5) is 61.5 Å². The van der Waals surface area contributed by atoms with Crippen molar-refractivity contribution in [3.63, 3.8) is 0 Å². The fourth-order valence-corrected chi connectivity index (χ4v) is 4.30. The number of carbonyl (C=O) groups is 3. The molecule has 1 aromatic carbocycles. The van der Waals surface area contributed by atoms with Gasteiger partial charge in [0.1, 0.15) is 12.7 Å². The van der Waals surface area contributed by atoms with E-state index in [2.05, 4.69) is 53.7 Å². The lowest BCUT2D eigenvalue weighted by atomic mass is 9.82. The number of benzene rings is 1. The summed E-state index contributed by atoms with van der Waals surface area (Å²) in [6, 6.07) is 10.6. The molecule has 11 nitrogen and oxygen atoms in total. The molecule has 0 aliphatic heterocycles. The van der Waals surface area contributed by atoms with E-state index in [1.54, 1.807) is 13.8 Å². The molecule has 0 spiro atoms. The highest BCUT2D eigenvalue weighted by Crippen LogP contribution is 2.51. The van der Waals surface area contributed by atoms with Gasteiger partial charge in [-0.05, 0) is 78.7 Å². The third-order valence-electron chi connectivity index (χ3n) is 10.9. The zero-order valence-corrected chi connectivity index (χ0v) is 39.0. The Hall–Kier alpha value is -3.55. The number of rotatable bonds is 20. The van der Waals surface area contributed by atoms with Gasteiger partial charge in [-0.15, -0.1) is 0 Å². The Labute approximate surface area is 380 Å². The van der Waals surface area contributed by atoms with Crippen LogP contribution < -0.4 is 0 Å². The summed E-state index contributed by atoms with van der Waals surface area (Å²) in [5.41, 5.74) is -11.1. The molecule has 396 valence electrons.